The summed E-state index contributed by atoms with van der Waals surface area (Å²) < 4.78 is 0. The molecular weight excluding hydrogens is 324 g/mol. The Morgan fingerprint density at radius 1 is 1.12 bits per heavy atom. The molecule has 1 aromatic rings. The Balaban J connectivity index is 1.53. The summed E-state index contributed by atoms with van der Waals surface area (Å²) in [6, 6.07) is 3.55. The second kappa shape index (κ2) is 9.00. The first-order valence-corrected chi connectivity index (χ1v) is 10.4. The van der Waals surface area contributed by atoms with Crippen LogP contribution in [0.5, 0.6) is 0 Å². The third kappa shape index (κ3) is 4.65. The number of hydrogen-bond donors (Lipinski definition) is 1. The molecule has 0 aromatic carbocycles. The van der Waals surface area contributed by atoms with Crippen LogP contribution < -0.4 is 15.1 Å². The van der Waals surface area contributed by atoms with E-state index in [1.165, 1.54) is 38.8 Å². The highest BCUT2D eigenvalue weighted by molar-refractivity contribution is 5.46. The van der Waals surface area contributed by atoms with Crippen LogP contribution in [0.3, 0.4) is 0 Å². The van der Waals surface area contributed by atoms with E-state index in [0.717, 1.165) is 49.6 Å². The van der Waals surface area contributed by atoms with Crippen molar-refractivity contribution in [2.45, 2.75) is 58.0 Å². The molecule has 146 valence electrons. The second-order valence-electron chi connectivity index (χ2n) is 7.86. The molecule has 6 heteroatoms. The maximum absolute atomic E-state index is 4.77. The molecule has 1 atom stereocenters. The SMILES string of the molecule is CCc1cc(N2CCC(NC[C@H]3CCCN3CC)CC2)nc(N(C)C)n1. The lowest BCUT2D eigenvalue weighted by atomic mass is 10.0. The van der Waals surface area contributed by atoms with Crippen LogP contribution in [0.25, 0.3) is 0 Å². The molecule has 0 radical (unpaired) electrons. The Morgan fingerprint density at radius 2 is 1.88 bits per heavy atom. The van der Waals surface area contributed by atoms with Crippen LogP contribution in [-0.2, 0) is 6.42 Å². The summed E-state index contributed by atoms with van der Waals surface area (Å²) in [4.78, 5) is 16.4. The lowest BCUT2D eigenvalue weighted by Gasteiger charge is -2.35. The van der Waals surface area contributed by atoms with Crippen molar-refractivity contribution in [2.24, 2.45) is 0 Å². The molecule has 2 saturated heterocycles. The minimum atomic E-state index is 0.645. The number of piperidine rings is 1. The average Bonchev–Trinajstić information content (AvgIpc) is 3.14. The second-order valence-corrected chi connectivity index (χ2v) is 7.86. The highest BCUT2D eigenvalue weighted by atomic mass is 15.3. The van der Waals surface area contributed by atoms with E-state index in [-0.39, 0.29) is 0 Å². The minimum absolute atomic E-state index is 0.645. The third-order valence-electron chi connectivity index (χ3n) is 5.88. The predicted molar refractivity (Wildman–Crippen MR) is 109 cm³/mol. The number of nitrogens with zero attached hydrogens (tertiary/aromatic N) is 5. The number of likely N-dealkylation sites (N-methyl/N-ethyl adjacent to an activating group) is 1. The molecule has 1 aromatic heterocycles. The lowest BCUT2D eigenvalue weighted by molar-refractivity contribution is 0.248. The van der Waals surface area contributed by atoms with Crippen LogP contribution in [0, 0.1) is 0 Å². The van der Waals surface area contributed by atoms with E-state index >= 15 is 0 Å². The number of hydrogen-bond acceptors (Lipinski definition) is 6. The zero-order valence-corrected chi connectivity index (χ0v) is 17.0. The van der Waals surface area contributed by atoms with E-state index < -0.39 is 0 Å². The Morgan fingerprint density at radius 3 is 2.54 bits per heavy atom. The average molecular weight is 361 g/mol. The van der Waals surface area contributed by atoms with Crippen molar-refractivity contribution in [1.29, 1.82) is 0 Å². The van der Waals surface area contributed by atoms with Gasteiger partial charge in [0.25, 0.3) is 0 Å². The van der Waals surface area contributed by atoms with Gasteiger partial charge in [-0.05, 0) is 45.2 Å². The van der Waals surface area contributed by atoms with E-state index in [1.807, 2.05) is 19.0 Å². The van der Waals surface area contributed by atoms with Crippen molar-refractivity contribution in [3.8, 4) is 0 Å². The molecule has 2 fully saturated rings. The Labute approximate surface area is 159 Å². The van der Waals surface area contributed by atoms with E-state index in [4.69, 9.17) is 4.98 Å². The highest BCUT2D eigenvalue weighted by Gasteiger charge is 2.25. The molecule has 0 amide bonds. The van der Waals surface area contributed by atoms with E-state index in [0.29, 0.717) is 6.04 Å². The maximum Gasteiger partial charge on any atom is 0.227 e. The lowest BCUT2D eigenvalue weighted by Crippen LogP contribution is -2.47. The summed E-state index contributed by atoms with van der Waals surface area (Å²) >= 11 is 0. The van der Waals surface area contributed by atoms with Gasteiger partial charge in [0, 0.05) is 57.6 Å². The summed E-state index contributed by atoms with van der Waals surface area (Å²) in [6.45, 7) is 10.2. The van der Waals surface area contributed by atoms with Gasteiger partial charge in [0.05, 0.1) is 0 Å². The summed E-state index contributed by atoms with van der Waals surface area (Å²) in [7, 11) is 4.02. The zero-order chi connectivity index (χ0) is 18.5. The van der Waals surface area contributed by atoms with Gasteiger partial charge in [0.15, 0.2) is 0 Å². The van der Waals surface area contributed by atoms with Crippen LogP contribution in [-0.4, -0.2) is 73.8 Å². The molecule has 2 aliphatic rings. The molecule has 3 rings (SSSR count). The van der Waals surface area contributed by atoms with Gasteiger partial charge in [-0.3, -0.25) is 4.90 Å². The monoisotopic (exact) mass is 360 g/mol. The summed E-state index contributed by atoms with van der Waals surface area (Å²) in [5.41, 5.74) is 1.12. The Hall–Kier alpha value is -1.40. The van der Waals surface area contributed by atoms with Gasteiger partial charge in [0.1, 0.15) is 5.82 Å². The van der Waals surface area contributed by atoms with E-state index in [2.05, 4.69) is 40.0 Å². The fourth-order valence-corrected chi connectivity index (χ4v) is 4.17. The summed E-state index contributed by atoms with van der Waals surface area (Å²) in [6.07, 6.45) is 6.06. The normalized spacial score (nSPS) is 22.2. The Kier molecular flexibility index (Phi) is 6.70. The van der Waals surface area contributed by atoms with Gasteiger partial charge in [0.2, 0.25) is 5.95 Å². The van der Waals surface area contributed by atoms with Crippen LogP contribution in [0.2, 0.25) is 0 Å². The van der Waals surface area contributed by atoms with Crippen LogP contribution in [0.4, 0.5) is 11.8 Å². The van der Waals surface area contributed by atoms with Gasteiger partial charge in [-0.1, -0.05) is 13.8 Å². The van der Waals surface area contributed by atoms with Gasteiger partial charge in [-0.2, -0.15) is 4.98 Å². The third-order valence-corrected chi connectivity index (χ3v) is 5.88. The molecule has 0 aliphatic carbocycles. The van der Waals surface area contributed by atoms with Gasteiger partial charge >= 0.3 is 0 Å². The van der Waals surface area contributed by atoms with Crippen LogP contribution >= 0.6 is 0 Å². The molecule has 0 bridgehead atoms. The van der Waals surface area contributed by atoms with E-state index in [1.54, 1.807) is 0 Å². The Bertz CT molecular complexity index is 567. The fraction of sp³-hybridized carbons (Fsp3) is 0.800. The molecule has 1 N–H and O–H groups in total. The van der Waals surface area contributed by atoms with Crippen molar-refractivity contribution >= 4 is 11.8 Å². The molecule has 2 aliphatic heterocycles. The zero-order valence-electron chi connectivity index (χ0n) is 17.0. The number of aryl methyl sites for hydroxylation is 1. The van der Waals surface area contributed by atoms with Gasteiger partial charge in [-0.25, -0.2) is 4.98 Å². The van der Waals surface area contributed by atoms with Crippen molar-refractivity contribution in [3.63, 3.8) is 0 Å². The standard InChI is InChI=1S/C20H36N6/c1-5-16-14-19(23-20(22-16)24(3)4)26-12-9-17(10-13-26)21-15-18-8-7-11-25(18)6-2/h14,17-18,21H,5-13,15H2,1-4H3/t18-/m1/s1. The minimum Gasteiger partial charge on any atom is -0.356 e. The van der Waals surface area contributed by atoms with Crippen molar-refractivity contribution < 1.29 is 0 Å². The predicted octanol–water partition coefficient (Wildman–Crippen LogP) is 2.15. The fourth-order valence-electron chi connectivity index (χ4n) is 4.17. The van der Waals surface area contributed by atoms with Gasteiger partial charge in [-0.15, -0.1) is 0 Å². The first-order valence-electron chi connectivity index (χ1n) is 10.4. The molecule has 26 heavy (non-hydrogen) atoms. The smallest absolute Gasteiger partial charge is 0.227 e. The van der Waals surface area contributed by atoms with Crippen LogP contribution in [0.1, 0.15) is 45.2 Å². The summed E-state index contributed by atoms with van der Waals surface area (Å²) in [5.74, 6) is 1.91. The maximum atomic E-state index is 4.77. The van der Waals surface area contributed by atoms with Gasteiger partial charge < -0.3 is 15.1 Å². The molecule has 0 unspecified atom stereocenters. The number of nitrogens with one attached hydrogen (secondary N) is 1. The quantitative estimate of drug-likeness (QED) is 0.804. The highest BCUT2D eigenvalue weighted by Crippen LogP contribution is 2.22. The first kappa shape index (κ1) is 19.4. The topological polar surface area (TPSA) is 47.5 Å². The molecular formula is C20H36N6. The number of likely N-dealkylation sites (tertiary alicyclic amines) is 1. The molecule has 0 saturated carbocycles. The summed E-state index contributed by atoms with van der Waals surface area (Å²) in [5, 5.41) is 3.84. The molecule has 6 nitrogen and oxygen atoms in total. The van der Waals surface area contributed by atoms with Crippen molar-refractivity contribution in [1.82, 2.24) is 20.2 Å². The van der Waals surface area contributed by atoms with Crippen LogP contribution in [0.15, 0.2) is 6.07 Å². The number of aromatic nitrogens is 2. The van der Waals surface area contributed by atoms with E-state index in [9.17, 15) is 0 Å². The molecule has 3 heterocycles. The van der Waals surface area contributed by atoms with Crippen molar-refractivity contribution in [3.05, 3.63) is 11.8 Å². The largest absolute Gasteiger partial charge is 0.356 e. The van der Waals surface area contributed by atoms with Crippen molar-refractivity contribution in [2.75, 3.05) is 56.6 Å². The first-order chi connectivity index (χ1) is 12.6. The number of anilines is 2. The molecule has 0 spiro atoms. The number of rotatable bonds is 7.